The molecule has 1 N–H and O–H groups in total. The van der Waals surface area contributed by atoms with Crippen molar-refractivity contribution in [1.29, 1.82) is 0 Å². The molecule has 0 aliphatic heterocycles. The van der Waals surface area contributed by atoms with Crippen LogP contribution in [-0.2, 0) is 0 Å². The third-order valence-electron chi connectivity index (χ3n) is 2.83. The summed E-state index contributed by atoms with van der Waals surface area (Å²) >= 11 is 0. The van der Waals surface area contributed by atoms with Crippen LogP contribution in [0.3, 0.4) is 0 Å². The maximum absolute atomic E-state index is 9.39. The molecule has 4 nitrogen and oxygen atoms in total. The molecule has 0 aliphatic carbocycles. The van der Waals surface area contributed by atoms with E-state index in [-0.39, 0.29) is 11.6 Å². The number of benzene rings is 1. The Bertz CT molecular complexity index is 590. The first-order chi connectivity index (χ1) is 9.26. The Balaban J connectivity index is 2.36. The van der Waals surface area contributed by atoms with Crippen LogP contribution in [0.4, 0.5) is 0 Å². The maximum Gasteiger partial charge on any atom is 0.314 e. The molecule has 0 spiro atoms. The lowest BCUT2D eigenvalue weighted by molar-refractivity contribution is 0.131. The second-order valence-corrected chi connectivity index (χ2v) is 5.81. The summed E-state index contributed by atoms with van der Waals surface area (Å²) in [7, 11) is 0. The van der Waals surface area contributed by atoms with Crippen molar-refractivity contribution < 1.29 is 9.84 Å². The highest BCUT2D eigenvalue weighted by atomic mass is 16.5. The third-order valence-corrected chi connectivity index (χ3v) is 2.83. The fraction of sp³-hybridized carbons (Fsp3) is 0.375. The number of aromatic hydroxyl groups is 1. The van der Waals surface area contributed by atoms with Crippen molar-refractivity contribution in [2.45, 2.75) is 40.2 Å². The molecule has 0 fully saturated rings. The summed E-state index contributed by atoms with van der Waals surface area (Å²) in [6.45, 7) is 9.78. The third kappa shape index (κ3) is 3.26. The summed E-state index contributed by atoms with van der Waals surface area (Å²) in [6, 6.07) is 7.66. The predicted molar refractivity (Wildman–Crippen MR) is 79.0 cm³/mol. The Hall–Kier alpha value is -2.10. The van der Waals surface area contributed by atoms with Crippen molar-refractivity contribution in [3.05, 3.63) is 35.7 Å². The summed E-state index contributed by atoms with van der Waals surface area (Å²) in [5, 5.41) is 9.39. The van der Waals surface area contributed by atoms with Gasteiger partial charge in [0.05, 0.1) is 11.4 Å². The standard InChI is InChI=1S/C16H20N2O2/c1-10-14(11(2)18-15(19)17-10)12-6-8-13(9-7-12)20-16(3,4)5/h6-9H,1-5H3,(H,17,18,19). The van der Waals surface area contributed by atoms with E-state index in [2.05, 4.69) is 9.97 Å². The first-order valence-corrected chi connectivity index (χ1v) is 6.60. The van der Waals surface area contributed by atoms with Crippen LogP contribution in [0, 0.1) is 13.8 Å². The van der Waals surface area contributed by atoms with Crippen LogP contribution in [0.2, 0.25) is 0 Å². The number of aryl methyl sites for hydroxylation is 2. The van der Waals surface area contributed by atoms with E-state index < -0.39 is 0 Å². The summed E-state index contributed by atoms with van der Waals surface area (Å²) in [5.41, 5.74) is 3.28. The molecule has 0 unspecified atom stereocenters. The zero-order chi connectivity index (χ0) is 14.9. The lowest BCUT2D eigenvalue weighted by Crippen LogP contribution is -2.22. The van der Waals surface area contributed by atoms with Crippen LogP contribution in [0.15, 0.2) is 24.3 Å². The van der Waals surface area contributed by atoms with E-state index in [0.717, 1.165) is 28.3 Å². The Kier molecular flexibility index (Phi) is 3.66. The molecule has 20 heavy (non-hydrogen) atoms. The van der Waals surface area contributed by atoms with Crippen molar-refractivity contribution in [2.75, 3.05) is 0 Å². The number of hydrogen-bond donors (Lipinski definition) is 1. The van der Waals surface area contributed by atoms with Gasteiger partial charge >= 0.3 is 6.01 Å². The van der Waals surface area contributed by atoms with E-state index in [0.29, 0.717) is 0 Å². The van der Waals surface area contributed by atoms with Crippen LogP contribution >= 0.6 is 0 Å². The molecule has 0 amide bonds. The number of aromatic nitrogens is 2. The molecule has 0 atom stereocenters. The van der Waals surface area contributed by atoms with Gasteiger partial charge in [-0.2, -0.15) is 0 Å². The molecule has 106 valence electrons. The molecular formula is C16H20N2O2. The van der Waals surface area contributed by atoms with E-state index >= 15 is 0 Å². The van der Waals surface area contributed by atoms with Gasteiger partial charge in [0.1, 0.15) is 11.4 Å². The normalized spacial score (nSPS) is 11.4. The second kappa shape index (κ2) is 5.12. The molecule has 1 aromatic carbocycles. The van der Waals surface area contributed by atoms with Crippen molar-refractivity contribution in [3.8, 4) is 22.9 Å². The van der Waals surface area contributed by atoms with Gasteiger partial charge in [-0.25, -0.2) is 9.97 Å². The minimum absolute atomic E-state index is 0.184. The number of rotatable bonds is 2. The van der Waals surface area contributed by atoms with Gasteiger partial charge in [-0.3, -0.25) is 0 Å². The quantitative estimate of drug-likeness (QED) is 0.906. The topological polar surface area (TPSA) is 55.2 Å². The Morgan fingerprint density at radius 3 is 1.90 bits per heavy atom. The molecule has 0 saturated heterocycles. The monoisotopic (exact) mass is 272 g/mol. The van der Waals surface area contributed by atoms with Gasteiger partial charge < -0.3 is 9.84 Å². The van der Waals surface area contributed by atoms with Gasteiger partial charge in [0.2, 0.25) is 0 Å². The fourth-order valence-electron chi connectivity index (χ4n) is 2.16. The van der Waals surface area contributed by atoms with Crippen LogP contribution in [0.1, 0.15) is 32.2 Å². The highest BCUT2D eigenvalue weighted by molar-refractivity contribution is 5.68. The summed E-state index contributed by atoms with van der Waals surface area (Å²) in [5.74, 6) is 0.830. The molecule has 4 heteroatoms. The molecule has 0 saturated carbocycles. The zero-order valence-corrected chi connectivity index (χ0v) is 12.6. The molecule has 0 radical (unpaired) electrons. The molecule has 0 bridgehead atoms. The summed E-state index contributed by atoms with van der Waals surface area (Å²) in [6.07, 6.45) is 0. The fourth-order valence-corrected chi connectivity index (χ4v) is 2.16. The average molecular weight is 272 g/mol. The minimum Gasteiger partial charge on any atom is -0.488 e. The molecule has 2 rings (SSSR count). The van der Waals surface area contributed by atoms with Crippen LogP contribution < -0.4 is 4.74 Å². The van der Waals surface area contributed by atoms with Crippen molar-refractivity contribution in [3.63, 3.8) is 0 Å². The second-order valence-electron chi connectivity index (χ2n) is 5.81. The van der Waals surface area contributed by atoms with E-state index in [1.165, 1.54) is 0 Å². The molecular weight excluding hydrogens is 252 g/mol. The lowest BCUT2D eigenvalue weighted by Gasteiger charge is -2.21. The smallest absolute Gasteiger partial charge is 0.314 e. The average Bonchev–Trinajstić information content (AvgIpc) is 2.28. The van der Waals surface area contributed by atoms with Crippen molar-refractivity contribution in [2.24, 2.45) is 0 Å². The molecule has 2 aromatic rings. The van der Waals surface area contributed by atoms with Crippen LogP contribution in [0.25, 0.3) is 11.1 Å². The largest absolute Gasteiger partial charge is 0.488 e. The Morgan fingerprint density at radius 2 is 1.45 bits per heavy atom. The Morgan fingerprint density at radius 1 is 0.950 bits per heavy atom. The van der Waals surface area contributed by atoms with Gasteiger partial charge in [-0.1, -0.05) is 12.1 Å². The minimum atomic E-state index is -0.213. The van der Waals surface area contributed by atoms with Gasteiger partial charge in [0.25, 0.3) is 0 Å². The SMILES string of the molecule is Cc1nc(O)nc(C)c1-c1ccc(OC(C)(C)C)cc1. The number of ether oxygens (including phenoxy) is 1. The van der Waals surface area contributed by atoms with Crippen LogP contribution in [-0.4, -0.2) is 20.7 Å². The van der Waals surface area contributed by atoms with E-state index in [4.69, 9.17) is 4.74 Å². The Labute approximate surface area is 119 Å². The van der Waals surface area contributed by atoms with Crippen molar-refractivity contribution >= 4 is 0 Å². The van der Waals surface area contributed by atoms with E-state index in [1.807, 2.05) is 58.9 Å². The van der Waals surface area contributed by atoms with Gasteiger partial charge in [-0.05, 0) is 52.3 Å². The maximum atomic E-state index is 9.39. The van der Waals surface area contributed by atoms with Gasteiger partial charge in [-0.15, -0.1) is 0 Å². The first kappa shape index (κ1) is 14.3. The number of hydrogen-bond acceptors (Lipinski definition) is 4. The highest BCUT2D eigenvalue weighted by Gasteiger charge is 2.13. The highest BCUT2D eigenvalue weighted by Crippen LogP contribution is 2.28. The van der Waals surface area contributed by atoms with Crippen LogP contribution in [0.5, 0.6) is 11.8 Å². The van der Waals surface area contributed by atoms with E-state index in [9.17, 15) is 5.11 Å². The van der Waals surface area contributed by atoms with Gasteiger partial charge in [0, 0.05) is 5.56 Å². The molecule has 1 aromatic heterocycles. The zero-order valence-electron chi connectivity index (χ0n) is 12.6. The van der Waals surface area contributed by atoms with Gasteiger partial charge in [0.15, 0.2) is 0 Å². The summed E-state index contributed by atoms with van der Waals surface area (Å²) < 4.78 is 5.80. The molecule has 0 aliphatic rings. The lowest BCUT2D eigenvalue weighted by atomic mass is 10.0. The van der Waals surface area contributed by atoms with Crippen molar-refractivity contribution in [1.82, 2.24) is 9.97 Å². The molecule has 1 heterocycles. The first-order valence-electron chi connectivity index (χ1n) is 6.60. The number of nitrogens with zero attached hydrogens (tertiary/aromatic N) is 2. The predicted octanol–water partition coefficient (Wildman–Crippen LogP) is 3.64. The van der Waals surface area contributed by atoms with E-state index in [1.54, 1.807) is 0 Å². The summed E-state index contributed by atoms with van der Waals surface area (Å²) in [4.78, 5) is 8.01.